The monoisotopic (exact) mass is 378 g/mol. The molecule has 0 N–H and O–H groups in total. The van der Waals surface area contributed by atoms with Crippen LogP contribution in [0.1, 0.15) is 58.3 Å². The van der Waals surface area contributed by atoms with E-state index in [1.807, 2.05) is 0 Å². The van der Waals surface area contributed by atoms with Crippen LogP contribution < -0.4 is 0 Å². The predicted octanol–water partition coefficient (Wildman–Crippen LogP) is 3.04. The first-order chi connectivity index (χ1) is 7.83. The van der Waals surface area contributed by atoms with Crippen molar-refractivity contribution in [1.82, 2.24) is 9.80 Å². The summed E-state index contributed by atoms with van der Waals surface area (Å²) < 4.78 is 0. The molecule has 0 aromatic carbocycles. The van der Waals surface area contributed by atoms with E-state index < -0.39 is 0 Å². The zero-order valence-corrected chi connectivity index (χ0v) is 12.3. The van der Waals surface area contributed by atoms with Gasteiger partial charge in [-0.05, 0) is 6.42 Å². The maximum absolute atomic E-state index is 2.40. The van der Waals surface area contributed by atoms with Gasteiger partial charge in [0.2, 0.25) is 0 Å². The molecule has 0 aromatic rings. The van der Waals surface area contributed by atoms with Crippen LogP contribution in [-0.4, -0.2) is 55.9 Å². The SMILES string of the molecule is CCCCCCCCCCN1C=CN(C)C1.Cl.[InH3]. The van der Waals surface area contributed by atoms with Gasteiger partial charge in [-0.15, -0.1) is 12.4 Å². The Bertz CT molecular complexity index is 200. The van der Waals surface area contributed by atoms with Crippen molar-refractivity contribution in [2.45, 2.75) is 58.3 Å². The summed E-state index contributed by atoms with van der Waals surface area (Å²) in [5.41, 5.74) is 0. The molecule has 0 bridgehead atoms. The van der Waals surface area contributed by atoms with E-state index in [1.54, 1.807) is 0 Å². The molecule has 4 heteroatoms. The number of unbranched alkanes of at least 4 members (excludes halogenated alkanes) is 7. The van der Waals surface area contributed by atoms with E-state index in [4.69, 9.17) is 0 Å². The molecule has 18 heavy (non-hydrogen) atoms. The van der Waals surface area contributed by atoms with Crippen molar-refractivity contribution in [3.8, 4) is 0 Å². The molecule has 0 radical (unpaired) electrons. The van der Waals surface area contributed by atoms with Crippen LogP contribution in [0.4, 0.5) is 0 Å². The standard InChI is InChI=1S/C14H28N2.ClH.In.3H/c1-3-4-5-6-7-8-9-10-11-16-13-12-15(2)14-16;;;;;/h12-13H,3-11,14H2,1-2H3;1H;;;;. The summed E-state index contributed by atoms with van der Waals surface area (Å²) in [5, 5.41) is 0. The Morgan fingerprint density at radius 1 is 0.889 bits per heavy atom. The fourth-order valence-corrected chi connectivity index (χ4v) is 2.18. The van der Waals surface area contributed by atoms with Gasteiger partial charge in [0.05, 0.1) is 6.67 Å². The molecule has 0 unspecified atom stereocenters. The molecule has 1 aliphatic rings. The van der Waals surface area contributed by atoms with Gasteiger partial charge in [0.25, 0.3) is 0 Å². The first kappa shape index (κ1) is 20.8. The van der Waals surface area contributed by atoms with Gasteiger partial charge in [-0.3, -0.25) is 0 Å². The van der Waals surface area contributed by atoms with Crippen LogP contribution in [0.3, 0.4) is 0 Å². The average Bonchev–Trinajstić information content (AvgIpc) is 2.68. The van der Waals surface area contributed by atoms with Crippen LogP contribution in [-0.2, 0) is 0 Å². The molecular formula is C14H32ClInN2. The van der Waals surface area contributed by atoms with Gasteiger partial charge < -0.3 is 9.80 Å². The molecule has 2 nitrogen and oxygen atoms in total. The Morgan fingerprint density at radius 2 is 1.44 bits per heavy atom. The molecule has 0 saturated heterocycles. The predicted molar refractivity (Wildman–Crippen MR) is 88.3 cm³/mol. The van der Waals surface area contributed by atoms with E-state index in [2.05, 4.69) is 36.2 Å². The number of hydrogen-bond acceptors (Lipinski definition) is 2. The maximum atomic E-state index is 2.40. The first-order valence-electron chi connectivity index (χ1n) is 6.95. The molecule has 0 saturated carbocycles. The Labute approximate surface area is 138 Å². The number of nitrogens with zero attached hydrogens (tertiary/aromatic N) is 2. The molecule has 1 rings (SSSR count). The molecule has 1 heterocycles. The quantitative estimate of drug-likeness (QED) is 0.569. The van der Waals surface area contributed by atoms with E-state index in [0.717, 1.165) is 6.67 Å². The normalized spacial score (nSPS) is 13.4. The van der Waals surface area contributed by atoms with Crippen LogP contribution in [0.5, 0.6) is 0 Å². The van der Waals surface area contributed by atoms with Crippen LogP contribution >= 0.6 is 12.4 Å². The van der Waals surface area contributed by atoms with Crippen molar-refractivity contribution in [1.29, 1.82) is 0 Å². The van der Waals surface area contributed by atoms with E-state index >= 15 is 0 Å². The van der Waals surface area contributed by atoms with Crippen LogP contribution in [0.15, 0.2) is 12.4 Å². The summed E-state index contributed by atoms with van der Waals surface area (Å²) in [6.45, 7) is 4.59. The third kappa shape index (κ3) is 10.4. The van der Waals surface area contributed by atoms with Crippen molar-refractivity contribution < 1.29 is 0 Å². The summed E-state index contributed by atoms with van der Waals surface area (Å²) in [5.74, 6) is 0. The van der Waals surface area contributed by atoms with Crippen molar-refractivity contribution >= 4 is 38.3 Å². The third-order valence-electron chi connectivity index (χ3n) is 3.24. The molecule has 0 fully saturated rings. The molecule has 0 amide bonds. The molecule has 1 aliphatic heterocycles. The average molecular weight is 379 g/mol. The van der Waals surface area contributed by atoms with Crippen LogP contribution in [0, 0.1) is 0 Å². The summed E-state index contributed by atoms with van der Waals surface area (Å²) in [4.78, 5) is 4.63. The molecule has 0 aliphatic carbocycles. The Balaban J connectivity index is 0. The number of hydrogen-bond donors (Lipinski definition) is 0. The third-order valence-corrected chi connectivity index (χ3v) is 3.24. The fraction of sp³-hybridized carbons (Fsp3) is 0.857. The van der Waals surface area contributed by atoms with Gasteiger partial charge in [0, 0.05) is 26.0 Å². The zero-order chi connectivity index (χ0) is 11.6. The minimum atomic E-state index is 0. The van der Waals surface area contributed by atoms with Crippen molar-refractivity contribution in [2.24, 2.45) is 0 Å². The van der Waals surface area contributed by atoms with Gasteiger partial charge in [0.15, 0.2) is 0 Å². The van der Waals surface area contributed by atoms with Crippen LogP contribution in [0.25, 0.3) is 0 Å². The van der Waals surface area contributed by atoms with Crippen LogP contribution in [0.2, 0.25) is 0 Å². The molecular weight excluding hydrogens is 346 g/mol. The Morgan fingerprint density at radius 3 is 1.94 bits per heavy atom. The Kier molecular flexibility index (Phi) is 16.1. The van der Waals surface area contributed by atoms with E-state index in [1.165, 1.54) is 57.9 Å². The van der Waals surface area contributed by atoms with Gasteiger partial charge in [0.1, 0.15) is 0 Å². The minimum absolute atomic E-state index is 0. The first-order valence-corrected chi connectivity index (χ1v) is 6.95. The van der Waals surface area contributed by atoms with Crippen molar-refractivity contribution in [3.63, 3.8) is 0 Å². The Hall–Kier alpha value is 0.500. The van der Waals surface area contributed by atoms with E-state index in [-0.39, 0.29) is 38.3 Å². The second kappa shape index (κ2) is 13.9. The van der Waals surface area contributed by atoms with E-state index in [9.17, 15) is 0 Å². The zero-order valence-electron chi connectivity index (χ0n) is 11.5. The van der Waals surface area contributed by atoms with E-state index in [0.29, 0.717) is 0 Å². The van der Waals surface area contributed by atoms with Gasteiger partial charge in [-0.2, -0.15) is 0 Å². The molecule has 108 valence electrons. The van der Waals surface area contributed by atoms with Gasteiger partial charge in [-0.25, -0.2) is 0 Å². The topological polar surface area (TPSA) is 6.48 Å². The summed E-state index contributed by atoms with van der Waals surface area (Å²) in [6.07, 6.45) is 15.7. The van der Waals surface area contributed by atoms with Crippen molar-refractivity contribution in [2.75, 3.05) is 20.3 Å². The second-order valence-electron chi connectivity index (χ2n) is 4.98. The summed E-state index contributed by atoms with van der Waals surface area (Å²) in [7, 11) is 2.13. The van der Waals surface area contributed by atoms with Gasteiger partial charge >= 0.3 is 25.8 Å². The van der Waals surface area contributed by atoms with Crippen molar-refractivity contribution in [3.05, 3.63) is 12.4 Å². The molecule has 0 spiro atoms. The van der Waals surface area contributed by atoms with Gasteiger partial charge in [-0.1, -0.05) is 51.9 Å². The summed E-state index contributed by atoms with van der Waals surface area (Å²) >= 11 is 0. The summed E-state index contributed by atoms with van der Waals surface area (Å²) in [6, 6.07) is 0. The molecule has 0 aromatic heterocycles. The fourth-order valence-electron chi connectivity index (χ4n) is 2.18. The second-order valence-corrected chi connectivity index (χ2v) is 4.98. The number of halogens is 1. The molecule has 0 atom stereocenters. The number of rotatable bonds is 9.